The molecule has 1 fully saturated rings. The van der Waals surface area contributed by atoms with Crippen LogP contribution in [0.25, 0.3) is 0 Å². The minimum Gasteiger partial charge on any atom is -0.454 e. The molecule has 158 valence electrons. The smallest absolute Gasteiger partial charge is 0.245 e. The standard InChI is InChI=1S/C20H21N3O6S/c1-30(26,27)23(16-8-9-17-18(11-16)29-13-28-17)12-19(24)21-14-4-6-15(7-5-14)22-10-2-3-20(22)25/h4-9,11H,2-3,10,12-13H2,1H3,(H,21,24). The molecule has 0 atom stereocenters. The van der Waals surface area contributed by atoms with Gasteiger partial charge < -0.3 is 19.7 Å². The Morgan fingerprint density at radius 3 is 2.53 bits per heavy atom. The van der Waals surface area contributed by atoms with Crippen molar-refractivity contribution >= 4 is 38.9 Å². The summed E-state index contributed by atoms with van der Waals surface area (Å²) in [6.45, 7) is 0.353. The fourth-order valence-corrected chi connectivity index (χ4v) is 4.27. The SMILES string of the molecule is CS(=O)(=O)N(CC(=O)Nc1ccc(N2CCCC2=O)cc1)c1ccc2c(c1)OCO2. The van der Waals surface area contributed by atoms with Gasteiger partial charge in [-0.2, -0.15) is 0 Å². The van der Waals surface area contributed by atoms with Gasteiger partial charge in [0.2, 0.25) is 28.6 Å². The zero-order valence-corrected chi connectivity index (χ0v) is 17.1. The topological polar surface area (TPSA) is 105 Å². The average Bonchev–Trinajstić information content (AvgIpc) is 3.34. The molecule has 10 heteroatoms. The van der Waals surface area contributed by atoms with E-state index >= 15 is 0 Å². The normalized spacial score (nSPS) is 15.4. The number of fused-ring (bicyclic) bond motifs is 1. The number of hydrogen-bond acceptors (Lipinski definition) is 6. The van der Waals surface area contributed by atoms with Crippen molar-refractivity contribution < 1.29 is 27.5 Å². The summed E-state index contributed by atoms with van der Waals surface area (Å²) >= 11 is 0. The first kappa shape index (κ1) is 20.0. The molecule has 0 aliphatic carbocycles. The van der Waals surface area contributed by atoms with E-state index in [0.29, 0.717) is 35.8 Å². The van der Waals surface area contributed by atoms with E-state index in [1.807, 2.05) is 0 Å². The summed E-state index contributed by atoms with van der Waals surface area (Å²) in [7, 11) is -3.71. The lowest BCUT2D eigenvalue weighted by atomic mass is 10.2. The molecule has 2 amide bonds. The van der Waals surface area contributed by atoms with E-state index in [-0.39, 0.29) is 12.7 Å². The Labute approximate surface area is 174 Å². The van der Waals surface area contributed by atoms with Crippen LogP contribution in [0.4, 0.5) is 17.1 Å². The first-order valence-electron chi connectivity index (χ1n) is 9.39. The Morgan fingerprint density at radius 2 is 1.87 bits per heavy atom. The van der Waals surface area contributed by atoms with Gasteiger partial charge in [0.05, 0.1) is 11.9 Å². The van der Waals surface area contributed by atoms with Crippen molar-refractivity contribution in [2.24, 2.45) is 0 Å². The van der Waals surface area contributed by atoms with Crippen LogP contribution in [-0.4, -0.2) is 46.4 Å². The summed E-state index contributed by atoms with van der Waals surface area (Å²) < 4.78 is 36.1. The maximum absolute atomic E-state index is 12.5. The van der Waals surface area contributed by atoms with Crippen LogP contribution >= 0.6 is 0 Å². The number of amides is 2. The number of benzene rings is 2. The van der Waals surface area contributed by atoms with Gasteiger partial charge in [0, 0.05) is 30.4 Å². The highest BCUT2D eigenvalue weighted by molar-refractivity contribution is 7.92. The van der Waals surface area contributed by atoms with E-state index in [4.69, 9.17) is 9.47 Å². The summed E-state index contributed by atoms with van der Waals surface area (Å²) in [5, 5.41) is 2.69. The third-order valence-electron chi connectivity index (χ3n) is 4.87. The molecule has 9 nitrogen and oxygen atoms in total. The van der Waals surface area contributed by atoms with E-state index in [1.54, 1.807) is 41.3 Å². The third kappa shape index (κ3) is 4.18. The number of hydrogen-bond donors (Lipinski definition) is 1. The van der Waals surface area contributed by atoms with Gasteiger partial charge >= 0.3 is 0 Å². The van der Waals surface area contributed by atoms with Gasteiger partial charge in [0.15, 0.2) is 11.5 Å². The molecule has 2 aliphatic rings. The maximum atomic E-state index is 12.5. The molecule has 1 saturated heterocycles. The number of carbonyl (C=O) groups excluding carboxylic acids is 2. The maximum Gasteiger partial charge on any atom is 0.245 e. The van der Waals surface area contributed by atoms with E-state index in [0.717, 1.165) is 22.7 Å². The molecule has 2 aromatic carbocycles. The largest absolute Gasteiger partial charge is 0.454 e. The van der Waals surface area contributed by atoms with Crippen LogP contribution in [0.2, 0.25) is 0 Å². The average molecular weight is 431 g/mol. The summed E-state index contributed by atoms with van der Waals surface area (Å²) in [5.41, 5.74) is 1.59. The molecular formula is C20H21N3O6S. The lowest BCUT2D eigenvalue weighted by Crippen LogP contribution is -2.37. The second kappa shape index (κ2) is 7.86. The van der Waals surface area contributed by atoms with Crippen molar-refractivity contribution in [3.63, 3.8) is 0 Å². The van der Waals surface area contributed by atoms with Crippen LogP contribution < -0.4 is 24.0 Å². The van der Waals surface area contributed by atoms with Crippen LogP contribution in [0.5, 0.6) is 11.5 Å². The first-order valence-corrected chi connectivity index (χ1v) is 11.2. The highest BCUT2D eigenvalue weighted by Crippen LogP contribution is 2.36. The number of carbonyl (C=O) groups is 2. The van der Waals surface area contributed by atoms with Crippen molar-refractivity contribution in [3.8, 4) is 11.5 Å². The molecule has 0 bridgehead atoms. The van der Waals surface area contributed by atoms with E-state index in [9.17, 15) is 18.0 Å². The Hall–Kier alpha value is -3.27. The molecule has 0 saturated carbocycles. The van der Waals surface area contributed by atoms with Crippen LogP contribution in [0, 0.1) is 0 Å². The molecular weight excluding hydrogens is 410 g/mol. The zero-order chi connectivity index (χ0) is 21.3. The number of anilines is 3. The minimum absolute atomic E-state index is 0.0666. The number of ether oxygens (including phenoxy) is 2. The van der Waals surface area contributed by atoms with Crippen molar-refractivity contribution in [1.82, 2.24) is 0 Å². The predicted octanol–water partition coefficient (Wildman–Crippen LogP) is 1.95. The van der Waals surface area contributed by atoms with Crippen LogP contribution in [-0.2, 0) is 19.6 Å². The van der Waals surface area contributed by atoms with Crippen LogP contribution in [0.15, 0.2) is 42.5 Å². The first-order chi connectivity index (χ1) is 14.3. The van der Waals surface area contributed by atoms with Crippen molar-refractivity contribution in [3.05, 3.63) is 42.5 Å². The summed E-state index contributed by atoms with van der Waals surface area (Å²) in [6, 6.07) is 11.6. The second-order valence-corrected chi connectivity index (χ2v) is 8.96. The van der Waals surface area contributed by atoms with Gasteiger partial charge in [-0.25, -0.2) is 8.42 Å². The lowest BCUT2D eigenvalue weighted by molar-refractivity contribution is -0.117. The van der Waals surface area contributed by atoms with Gasteiger partial charge in [-0.15, -0.1) is 0 Å². The van der Waals surface area contributed by atoms with Crippen molar-refractivity contribution in [2.75, 3.05) is 40.7 Å². The highest BCUT2D eigenvalue weighted by Gasteiger charge is 2.24. The summed E-state index contributed by atoms with van der Waals surface area (Å²) in [6.07, 6.45) is 2.41. The molecule has 0 unspecified atom stereocenters. The predicted molar refractivity (Wildman–Crippen MR) is 111 cm³/mol. The quantitative estimate of drug-likeness (QED) is 0.750. The second-order valence-electron chi connectivity index (χ2n) is 7.05. The van der Waals surface area contributed by atoms with E-state index < -0.39 is 22.5 Å². The highest BCUT2D eigenvalue weighted by atomic mass is 32.2. The molecule has 2 heterocycles. The Balaban J connectivity index is 1.46. The number of nitrogens with zero attached hydrogens (tertiary/aromatic N) is 2. The molecule has 0 radical (unpaired) electrons. The zero-order valence-electron chi connectivity index (χ0n) is 16.3. The monoisotopic (exact) mass is 431 g/mol. The van der Waals surface area contributed by atoms with Crippen molar-refractivity contribution in [1.29, 1.82) is 0 Å². The van der Waals surface area contributed by atoms with E-state index in [2.05, 4.69) is 5.32 Å². The molecule has 4 rings (SSSR count). The summed E-state index contributed by atoms with van der Waals surface area (Å²) in [5.74, 6) is 0.532. The molecule has 2 aliphatic heterocycles. The minimum atomic E-state index is -3.71. The van der Waals surface area contributed by atoms with Gasteiger partial charge in [-0.1, -0.05) is 0 Å². The fourth-order valence-electron chi connectivity index (χ4n) is 3.42. The van der Waals surface area contributed by atoms with Gasteiger partial charge in [0.25, 0.3) is 0 Å². The van der Waals surface area contributed by atoms with Gasteiger partial charge in [-0.05, 0) is 42.8 Å². The Bertz CT molecular complexity index is 1080. The molecule has 0 spiro atoms. The van der Waals surface area contributed by atoms with E-state index in [1.165, 1.54) is 6.07 Å². The lowest BCUT2D eigenvalue weighted by Gasteiger charge is -2.22. The molecule has 2 aromatic rings. The van der Waals surface area contributed by atoms with Gasteiger partial charge in [0.1, 0.15) is 6.54 Å². The molecule has 0 aromatic heterocycles. The molecule has 30 heavy (non-hydrogen) atoms. The van der Waals surface area contributed by atoms with Crippen LogP contribution in [0.3, 0.4) is 0 Å². The fraction of sp³-hybridized carbons (Fsp3) is 0.300. The number of rotatable bonds is 6. The Kier molecular flexibility index (Phi) is 5.25. The summed E-state index contributed by atoms with van der Waals surface area (Å²) in [4.78, 5) is 26.1. The number of sulfonamides is 1. The van der Waals surface area contributed by atoms with Crippen molar-refractivity contribution in [2.45, 2.75) is 12.8 Å². The van der Waals surface area contributed by atoms with Gasteiger partial charge in [-0.3, -0.25) is 13.9 Å². The number of nitrogens with one attached hydrogen (secondary N) is 1. The third-order valence-corrected chi connectivity index (χ3v) is 6.01. The Morgan fingerprint density at radius 1 is 1.13 bits per heavy atom. The molecule has 1 N–H and O–H groups in total. The van der Waals surface area contributed by atoms with Crippen LogP contribution in [0.1, 0.15) is 12.8 Å².